The van der Waals surface area contributed by atoms with Crippen molar-refractivity contribution in [1.29, 1.82) is 0 Å². The Labute approximate surface area is 157 Å². The number of hydrogen-bond donors (Lipinski definition) is 0. The van der Waals surface area contributed by atoms with Crippen molar-refractivity contribution in [3.63, 3.8) is 0 Å². The SMILES string of the molecule is Cc1ccncc1CC(=O)N1CCC(c2nc(-c3ccccn3)no2)CC1. The quantitative estimate of drug-likeness (QED) is 0.709. The number of hydrogen-bond acceptors (Lipinski definition) is 6. The molecule has 1 amide bonds. The van der Waals surface area contributed by atoms with Crippen LogP contribution in [0.4, 0.5) is 0 Å². The number of aryl methyl sites for hydroxylation is 1. The Balaban J connectivity index is 1.36. The predicted molar refractivity (Wildman–Crippen MR) is 98.8 cm³/mol. The van der Waals surface area contributed by atoms with E-state index in [-0.39, 0.29) is 11.8 Å². The summed E-state index contributed by atoms with van der Waals surface area (Å²) in [6.07, 6.45) is 7.27. The van der Waals surface area contributed by atoms with Crippen molar-refractivity contribution in [2.24, 2.45) is 0 Å². The van der Waals surface area contributed by atoms with Gasteiger partial charge in [0.15, 0.2) is 0 Å². The van der Waals surface area contributed by atoms with E-state index in [1.807, 2.05) is 36.1 Å². The van der Waals surface area contributed by atoms with Crippen molar-refractivity contribution in [2.45, 2.75) is 32.1 Å². The fourth-order valence-corrected chi connectivity index (χ4v) is 3.33. The van der Waals surface area contributed by atoms with Crippen molar-refractivity contribution in [2.75, 3.05) is 13.1 Å². The fourth-order valence-electron chi connectivity index (χ4n) is 3.33. The van der Waals surface area contributed by atoms with Crippen LogP contribution < -0.4 is 0 Å². The van der Waals surface area contributed by atoms with Crippen LogP contribution in [-0.2, 0) is 11.2 Å². The third-order valence-corrected chi connectivity index (χ3v) is 5.02. The lowest BCUT2D eigenvalue weighted by atomic mass is 9.96. The summed E-state index contributed by atoms with van der Waals surface area (Å²) < 4.78 is 5.45. The fraction of sp³-hybridized carbons (Fsp3) is 0.350. The van der Waals surface area contributed by atoms with Crippen molar-refractivity contribution in [3.8, 4) is 11.5 Å². The van der Waals surface area contributed by atoms with E-state index in [2.05, 4.69) is 20.1 Å². The molecule has 0 aliphatic carbocycles. The van der Waals surface area contributed by atoms with Crippen LogP contribution >= 0.6 is 0 Å². The van der Waals surface area contributed by atoms with Crippen molar-refractivity contribution < 1.29 is 9.32 Å². The van der Waals surface area contributed by atoms with E-state index < -0.39 is 0 Å². The first-order valence-electron chi connectivity index (χ1n) is 9.13. The highest BCUT2D eigenvalue weighted by molar-refractivity contribution is 5.79. The largest absolute Gasteiger partial charge is 0.342 e. The first kappa shape index (κ1) is 17.3. The van der Waals surface area contributed by atoms with Crippen LogP contribution in [-0.4, -0.2) is 44.0 Å². The van der Waals surface area contributed by atoms with Gasteiger partial charge in [0, 0.05) is 37.6 Å². The van der Waals surface area contributed by atoms with E-state index in [0.29, 0.717) is 36.9 Å². The van der Waals surface area contributed by atoms with Gasteiger partial charge < -0.3 is 9.42 Å². The van der Waals surface area contributed by atoms with Gasteiger partial charge in [0.05, 0.1) is 6.42 Å². The lowest BCUT2D eigenvalue weighted by molar-refractivity contribution is -0.131. The lowest BCUT2D eigenvalue weighted by Crippen LogP contribution is -2.39. The third-order valence-electron chi connectivity index (χ3n) is 5.02. The minimum absolute atomic E-state index is 0.143. The average Bonchev–Trinajstić information content (AvgIpc) is 3.21. The minimum Gasteiger partial charge on any atom is -0.342 e. The van der Waals surface area contributed by atoms with Crippen LogP contribution in [0.2, 0.25) is 0 Å². The molecule has 1 fully saturated rings. The second-order valence-electron chi connectivity index (χ2n) is 6.81. The number of amides is 1. The van der Waals surface area contributed by atoms with E-state index in [1.165, 1.54) is 0 Å². The Hall–Kier alpha value is -3.09. The van der Waals surface area contributed by atoms with Gasteiger partial charge in [-0.1, -0.05) is 11.2 Å². The highest BCUT2D eigenvalue weighted by atomic mass is 16.5. The Bertz CT molecular complexity index is 917. The molecule has 4 rings (SSSR count). The molecule has 0 spiro atoms. The molecule has 138 valence electrons. The average molecular weight is 363 g/mol. The lowest BCUT2D eigenvalue weighted by Gasteiger charge is -2.30. The number of aromatic nitrogens is 4. The van der Waals surface area contributed by atoms with Gasteiger partial charge in [-0.3, -0.25) is 14.8 Å². The van der Waals surface area contributed by atoms with Gasteiger partial charge in [-0.25, -0.2) is 0 Å². The second-order valence-corrected chi connectivity index (χ2v) is 6.81. The normalized spacial score (nSPS) is 15.1. The molecule has 0 bridgehead atoms. The number of rotatable bonds is 4. The predicted octanol–water partition coefficient (Wildman–Crippen LogP) is 2.78. The van der Waals surface area contributed by atoms with Crippen LogP contribution in [0.1, 0.15) is 35.8 Å². The molecule has 0 atom stereocenters. The number of likely N-dealkylation sites (tertiary alicyclic amines) is 1. The molecule has 1 aliphatic rings. The van der Waals surface area contributed by atoms with Gasteiger partial charge in [0.2, 0.25) is 17.6 Å². The highest BCUT2D eigenvalue weighted by Gasteiger charge is 2.28. The maximum absolute atomic E-state index is 12.6. The van der Waals surface area contributed by atoms with E-state index >= 15 is 0 Å². The summed E-state index contributed by atoms with van der Waals surface area (Å²) in [7, 11) is 0. The van der Waals surface area contributed by atoms with Gasteiger partial charge in [-0.15, -0.1) is 0 Å². The van der Waals surface area contributed by atoms with Crippen molar-refractivity contribution >= 4 is 5.91 Å². The Morgan fingerprint density at radius 2 is 2.07 bits per heavy atom. The van der Waals surface area contributed by atoms with Crippen LogP contribution in [0.5, 0.6) is 0 Å². The Morgan fingerprint density at radius 1 is 1.22 bits per heavy atom. The number of carbonyl (C=O) groups excluding carboxylic acids is 1. The number of piperidine rings is 1. The van der Waals surface area contributed by atoms with Crippen molar-refractivity contribution in [1.82, 2.24) is 25.0 Å². The van der Waals surface area contributed by atoms with Gasteiger partial charge in [-0.2, -0.15) is 4.98 Å². The molecule has 7 heteroatoms. The zero-order valence-electron chi connectivity index (χ0n) is 15.2. The third kappa shape index (κ3) is 3.86. The maximum atomic E-state index is 12.6. The topological polar surface area (TPSA) is 85.0 Å². The molecule has 4 heterocycles. The summed E-state index contributed by atoms with van der Waals surface area (Å²) in [5.41, 5.74) is 2.79. The molecule has 0 unspecified atom stereocenters. The molecule has 0 radical (unpaired) electrons. The summed E-state index contributed by atoms with van der Waals surface area (Å²) in [5, 5.41) is 4.05. The summed E-state index contributed by atoms with van der Waals surface area (Å²) in [6, 6.07) is 7.54. The van der Waals surface area contributed by atoms with Gasteiger partial charge in [0.25, 0.3) is 0 Å². The van der Waals surface area contributed by atoms with Crippen molar-refractivity contribution in [3.05, 3.63) is 59.9 Å². The second kappa shape index (κ2) is 7.65. The molecule has 1 aliphatic heterocycles. The molecule has 3 aromatic rings. The highest BCUT2D eigenvalue weighted by Crippen LogP contribution is 2.28. The molecule has 3 aromatic heterocycles. The first-order chi connectivity index (χ1) is 13.2. The summed E-state index contributed by atoms with van der Waals surface area (Å²) >= 11 is 0. The van der Waals surface area contributed by atoms with E-state index in [4.69, 9.17) is 4.52 Å². The summed E-state index contributed by atoms with van der Waals surface area (Å²) in [6.45, 7) is 3.40. The minimum atomic E-state index is 0.143. The molecule has 7 nitrogen and oxygen atoms in total. The monoisotopic (exact) mass is 363 g/mol. The van der Waals surface area contributed by atoms with Gasteiger partial charge >= 0.3 is 0 Å². The molecular formula is C20H21N5O2. The van der Waals surface area contributed by atoms with E-state index in [9.17, 15) is 4.79 Å². The maximum Gasteiger partial charge on any atom is 0.230 e. The zero-order chi connectivity index (χ0) is 18.6. The van der Waals surface area contributed by atoms with E-state index in [0.717, 1.165) is 24.0 Å². The molecule has 0 aromatic carbocycles. The number of nitrogens with zero attached hydrogens (tertiary/aromatic N) is 5. The molecule has 1 saturated heterocycles. The number of carbonyl (C=O) groups is 1. The Morgan fingerprint density at radius 3 is 2.81 bits per heavy atom. The van der Waals surface area contributed by atoms with Crippen LogP contribution in [0, 0.1) is 6.92 Å². The molecule has 0 N–H and O–H groups in total. The molecule has 0 saturated carbocycles. The molecule has 27 heavy (non-hydrogen) atoms. The summed E-state index contributed by atoms with van der Waals surface area (Å²) in [4.78, 5) is 27.4. The smallest absolute Gasteiger partial charge is 0.230 e. The standard InChI is InChI=1S/C20H21N5O2/c1-14-5-9-21-13-16(14)12-18(26)25-10-6-15(7-11-25)20-23-19(24-27-20)17-4-2-3-8-22-17/h2-5,8-9,13,15H,6-7,10-12H2,1H3. The van der Waals surface area contributed by atoms with Crippen LogP contribution in [0.15, 0.2) is 47.4 Å². The zero-order valence-corrected chi connectivity index (χ0v) is 15.2. The first-order valence-corrected chi connectivity index (χ1v) is 9.13. The van der Waals surface area contributed by atoms with E-state index in [1.54, 1.807) is 18.6 Å². The Kier molecular flexibility index (Phi) is 4.91. The summed E-state index contributed by atoms with van der Waals surface area (Å²) in [5.74, 6) is 1.46. The van der Waals surface area contributed by atoms with Gasteiger partial charge in [-0.05, 0) is 49.1 Å². The molecular weight excluding hydrogens is 342 g/mol. The van der Waals surface area contributed by atoms with Crippen LogP contribution in [0.25, 0.3) is 11.5 Å². The number of pyridine rings is 2. The van der Waals surface area contributed by atoms with Crippen LogP contribution in [0.3, 0.4) is 0 Å². The van der Waals surface area contributed by atoms with Gasteiger partial charge in [0.1, 0.15) is 5.69 Å².